The molecule has 2 rings (SSSR count). The fourth-order valence-corrected chi connectivity index (χ4v) is 3.15. The van der Waals surface area contributed by atoms with Crippen molar-refractivity contribution in [2.75, 3.05) is 5.73 Å². The second kappa shape index (κ2) is 9.98. The largest absolute Gasteiger partial charge is 0.507 e. The molecule has 0 aliphatic rings. The summed E-state index contributed by atoms with van der Waals surface area (Å²) in [6.07, 6.45) is 6.62. The zero-order valence-corrected chi connectivity index (χ0v) is 17.3. The number of ether oxygens (including phenoxy) is 1. The summed E-state index contributed by atoms with van der Waals surface area (Å²) in [5.41, 5.74) is 9.43. The smallest absolute Gasteiger partial charge is 0.185 e. The van der Waals surface area contributed by atoms with E-state index in [2.05, 4.69) is 13.8 Å². The number of phenols is 1. The van der Waals surface area contributed by atoms with Crippen LogP contribution in [-0.2, 0) is 12.8 Å². The number of nitrogen functional groups attached to an aromatic ring is 1. The van der Waals surface area contributed by atoms with Crippen molar-refractivity contribution in [3.8, 4) is 11.5 Å². The third kappa shape index (κ3) is 5.38. The number of aryl methyl sites for hydroxylation is 1. The summed E-state index contributed by atoms with van der Waals surface area (Å²) < 4.78 is 6.06. The van der Waals surface area contributed by atoms with E-state index in [0.717, 1.165) is 42.4 Å². The predicted octanol–water partition coefficient (Wildman–Crippen LogP) is 5.56. The average molecular weight is 382 g/mol. The minimum atomic E-state index is -0.0994. The molecule has 0 atom stereocenters. The molecule has 150 valence electrons. The van der Waals surface area contributed by atoms with E-state index in [-0.39, 0.29) is 11.9 Å². The molecule has 3 N–H and O–H groups in total. The average Bonchev–Trinajstić information content (AvgIpc) is 2.66. The van der Waals surface area contributed by atoms with Crippen LogP contribution in [0.3, 0.4) is 0 Å². The van der Waals surface area contributed by atoms with E-state index in [4.69, 9.17) is 10.5 Å². The van der Waals surface area contributed by atoms with Gasteiger partial charge in [0.05, 0.1) is 6.10 Å². The molecule has 0 aliphatic carbocycles. The fourth-order valence-electron chi connectivity index (χ4n) is 3.15. The molecule has 28 heavy (non-hydrogen) atoms. The van der Waals surface area contributed by atoms with Crippen LogP contribution in [-0.4, -0.2) is 17.0 Å². The number of hydrogen-bond donors (Lipinski definition) is 2. The number of aromatic hydroxyl groups is 1. The normalized spacial score (nSPS) is 11.3. The van der Waals surface area contributed by atoms with E-state index in [9.17, 15) is 9.90 Å². The van der Waals surface area contributed by atoms with Crippen LogP contribution in [0, 0.1) is 0 Å². The molecule has 0 aromatic heterocycles. The number of carbonyl (C=O) groups is 1. The summed E-state index contributed by atoms with van der Waals surface area (Å²) in [7, 11) is 0. The van der Waals surface area contributed by atoms with Crippen molar-refractivity contribution < 1.29 is 14.6 Å². The van der Waals surface area contributed by atoms with Crippen molar-refractivity contribution in [3.63, 3.8) is 0 Å². The van der Waals surface area contributed by atoms with E-state index in [1.807, 2.05) is 19.9 Å². The first-order valence-electron chi connectivity index (χ1n) is 9.99. The minimum absolute atomic E-state index is 0.0352. The lowest BCUT2D eigenvalue weighted by atomic mass is 9.96. The Morgan fingerprint density at radius 3 is 2.36 bits per heavy atom. The van der Waals surface area contributed by atoms with Gasteiger partial charge in [-0.05, 0) is 74.7 Å². The minimum Gasteiger partial charge on any atom is -0.507 e. The number of anilines is 1. The summed E-state index contributed by atoms with van der Waals surface area (Å²) in [6, 6.07) is 8.80. The van der Waals surface area contributed by atoms with Crippen LogP contribution in [0.15, 0.2) is 36.4 Å². The maximum absolute atomic E-state index is 12.5. The molecule has 0 unspecified atom stereocenters. The van der Waals surface area contributed by atoms with Gasteiger partial charge in [0.1, 0.15) is 11.5 Å². The zero-order valence-electron chi connectivity index (χ0n) is 17.3. The van der Waals surface area contributed by atoms with Gasteiger partial charge in [0.2, 0.25) is 0 Å². The summed E-state index contributed by atoms with van der Waals surface area (Å²) in [6.45, 7) is 8.07. The van der Waals surface area contributed by atoms with Crippen LogP contribution in [0.4, 0.5) is 5.69 Å². The highest BCUT2D eigenvalue weighted by Crippen LogP contribution is 2.38. The first kappa shape index (κ1) is 21.5. The van der Waals surface area contributed by atoms with Crippen LogP contribution >= 0.6 is 0 Å². The summed E-state index contributed by atoms with van der Waals surface area (Å²) in [5.74, 6) is 0.884. The number of carbonyl (C=O) groups excluding carboxylic acids is 1. The molecule has 0 heterocycles. The Balaban J connectivity index is 2.49. The SMILES string of the molecule is CCCc1cc(C=CC(=O)c2ccc(N)cc2)c(OC(C)C)c(CCC)c1O. The van der Waals surface area contributed by atoms with E-state index in [1.165, 1.54) is 0 Å². The van der Waals surface area contributed by atoms with Crippen LogP contribution < -0.4 is 10.5 Å². The molecule has 2 aromatic carbocycles. The van der Waals surface area contributed by atoms with Crippen LogP contribution in [0.2, 0.25) is 0 Å². The number of rotatable bonds is 9. The molecule has 0 aliphatic heterocycles. The number of nitrogens with two attached hydrogens (primary N) is 1. The number of allylic oxidation sites excluding steroid dienone is 1. The molecule has 0 saturated heterocycles. The Labute approximate surface area is 168 Å². The maximum Gasteiger partial charge on any atom is 0.185 e. The van der Waals surface area contributed by atoms with Gasteiger partial charge in [-0.3, -0.25) is 4.79 Å². The summed E-state index contributed by atoms with van der Waals surface area (Å²) >= 11 is 0. The summed E-state index contributed by atoms with van der Waals surface area (Å²) in [4.78, 5) is 12.5. The second-order valence-electron chi connectivity index (χ2n) is 7.27. The van der Waals surface area contributed by atoms with Gasteiger partial charge in [0.25, 0.3) is 0 Å². The van der Waals surface area contributed by atoms with Gasteiger partial charge < -0.3 is 15.6 Å². The lowest BCUT2D eigenvalue weighted by Gasteiger charge is -2.20. The molecule has 2 aromatic rings. The Hall–Kier alpha value is -2.75. The van der Waals surface area contributed by atoms with Gasteiger partial charge >= 0.3 is 0 Å². The molecular weight excluding hydrogens is 350 g/mol. The first-order valence-corrected chi connectivity index (χ1v) is 9.99. The molecule has 0 saturated carbocycles. The molecule has 0 fully saturated rings. The standard InChI is InChI=1S/C24H31NO3/c1-5-7-18-15-19(11-14-22(26)17-9-12-20(25)13-10-17)24(28-16(3)4)21(8-6-2)23(18)27/h9-16,27H,5-8,25H2,1-4H3. The Morgan fingerprint density at radius 1 is 1.14 bits per heavy atom. The lowest BCUT2D eigenvalue weighted by molar-refractivity contribution is 0.104. The second-order valence-corrected chi connectivity index (χ2v) is 7.27. The number of ketones is 1. The van der Waals surface area contributed by atoms with Gasteiger partial charge in [0.15, 0.2) is 5.78 Å². The van der Waals surface area contributed by atoms with Crippen LogP contribution in [0.25, 0.3) is 6.08 Å². The van der Waals surface area contributed by atoms with Crippen molar-refractivity contribution >= 4 is 17.5 Å². The Kier molecular flexibility index (Phi) is 7.68. The van der Waals surface area contributed by atoms with Gasteiger partial charge in [-0.1, -0.05) is 26.7 Å². The molecule has 0 spiro atoms. The lowest BCUT2D eigenvalue weighted by Crippen LogP contribution is -2.10. The number of hydrogen-bond acceptors (Lipinski definition) is 4. The maximum atomic E-state index is 12.5. The van der Waals surface area contributed by atoms with E-state index in [1.54, 1.807) is 36.4 Å². The van der Waals surface area contributed by atoms with Gasteiger partial charge in [-0.2, -0.15) is 0 Å². The first-order chi connectivity index (χ1) is 13.4. The molecule has 4 nitrogen and oxygen atoms in total. The summed E-state index contributed by atoms with van der Waals surface area (Å²) in [5, 5.41) is 10.8. The molecule has 0 bridgehead atoms. The molecule has 0 amide bonds. The third-order valence-electron chi connectivity index (χ3n) is 4.44. The van der Waals surface area contributed by atoms with Crippen molar-refractivity contribution in [2.45, 2.75) is 59.5 Å². The van der Waals surface area contributed by atoms with Crippen molar-refractivity contribution in [2.24, 2.45) is 0 Å². The molecule has 0 radical (unpaired) electrons. The topological polar surface area (TPSA) is 72.6 Å². The van der Waals surface area contributed by atoms with E-state index < -0.39 is 0 Å². The van der Waals surface area contributed by atoms with Crippen molar-refractivity contribution in [1.82, 2.24) is 0 Å². The van der Waals surface area contributed by atoms with Gasteiger partial charge in [0, 0.05) is 22.4 Å². The highest BCUT2D eigenvalue weighted by molar-refractivity contribution is 6.07. The molecule has 4 heteroatoms. The van der Waals surface area contributed by atoms with E-state index in [0.29, 0.717) is 22.7 Å². The van der Waals surface area contributed by atoms with Crippen molar-refractivity contribution in [1.29, 1.82) is 0 Å². The van der Waals surface area contributed by atoms with E-state index >= 15 is 0 Å². The Bertz CT molecular complexity index is 836. The van der Waals surface area contributed by atoms with Gasteiger partial charge in [-0.25, -0.2) is 0 Å². The highest BCUT2D eigenvalue weighted by atomic mass is 16.5. The number of benzene rings is 2. The van der Waals surface area contributed by atoms with Crippen LogP contribution in [0.1, 0.15) is 67.6 Å². The quantitative estimate of drug-likeness (QED) is 0.339. The van der Waals surface area contributed by atoms with Crippen molar-refractivity contribution in [3.05, 3.63) is 58.7 Å². The molecular formula is C24H31NO3. The zero-order chi connectivity index (χ0) is 20.7. The fraction of sp³-hybridized carbons (Fsp3) is 0.375. The number of phenolic OH excluding ortho intramolecular Hbond substituents is 1. The predicted molar refractivity (Wildman–Crippen MR) is 116 cm³/mol. The highest BCUT2D eigenvalue weighted by Gasteiger charge is 2.18. The van der Waals surface area contributed by atoms with Gasteiger partial charge in [-0.15, -0.1) is 0 Å². The third-order valence-corrected chi connectivity index (χ3v) is 4.44. The monoisotopic (exact) mass is 381 g/mol. The Morgan fingerprint density at radius 2 is 1.79 bits per heavy atom. The van der Waals surface area contributed by atoms with Crippen LogP contribution in [0.5, 0.6) is 11.5 Å².